The van der Waals surface area contributed by atoms with Gasteiger partial charge in [0, 0.05) is 6.54 Å². The van der Waals surface area contributed by atoms with Gasteiger partial charge in [0.1, 0.15) is 18.1 Å². The molecule has 1 aromatic rings. The number of aromatic hydroxyl groups is 1. The summed E-state index contributed by atoms with van der Waals surface area (Å²) in [5.41, 5.74) is 1.21. The molecule has 130 valence electrons. The van der Waals surface area contributed by atoms with Gasteiger partial charge in [0.2, 0.25) is 0 Å². The molecule has 2 fully saturated rings. The Morgan fingerprint density at radius 1 is 1.36 bits per heavy atom. The average Bonchev–Trinajstić information content (AvgIpc) is 2.96. The van der Waals surface area contributed by atoms with Gasteiger partial charge in [0.05, 0.1) is 4.91 Å². The molecular formula is C19H21N3O2S. The van der Waals surface area contributed by atoms with Gasteiger partial charge in [-0.1, -0.05) is 24.1 Å². The van der Waals surface area contributed by atoms with E-state index >= 15 is 0 Å². The van der Waals surface area contributed by atoms with Crippen LogP contribution in [0.5, 0.6) is 5.75 Å². The Bertz CT molecular complexity index is 726. The fourth-order valence-corrected chi connectivity index (χ4v) is 3.86. The van der Waals surface area contributed by atoms with Crippen LogP contribution in [0.25, 0.3) is 0 Å². The first-order valence-corrected chi connectivity index (χ1v) is 9.15. The number of terminal acetylenes is 1. The van der Waals surface area contributed by atoms with Crippen LogP contribution in [-0.2, 0) is 6.54 Å². The van der Waals surface area contributed by atoms with Crippen LogP contribution in [0.3, 0.4) is 0 Å². The third-order valence-electron chi connectivity index (χ3n) is 4.35. The Kier molecular flexibility index (Phi) is 5.79. The number of aliphatic imine (C=N–C) groups is 1. The fraction of sp³-hybridized carbons (Fsp3) is 0.368. The van der Waals surface area contributed by atoms with Crippen molar-refractivity contribution >= 4 is 22.8 Å². The quantitative estimate of drug-likeness (QED) is 0.815. The molecule has 2 heterocycles. The molecule has 0 aliphatic carbocycles. The zero-order valence-corrected chi connectivity index (χ0v) is 14.8. The van der Waals surface area contributed by atoms with Crippen LogP contribution in [0.4, 0.5) is 4.79 Å². The molecule has 0 aromatic heterocycles. The first kappa shape index (κ1) is 17.6. The second-order valence-electron chi connectivity index (χ2n) is 6.19. The van der Waals surface area contributed by atoms with E-state index in [-0.39, 0.29) is 11.8 Å². The summed E-state index contributed by atoms with van der Waals surface area (Å²) in [5.74, 6) is 3.83. The number of phenols is 1. The predicted molar refractivity (Wildman–Crippen MR) is 101 cm³/mol. The minimum absolute atomic E-state index is 0.0909. The third-order valence-corrected chi connectivity index (χ3v) is 5.18. The van der Waals surface area contributed by atoms with Gasteiger partial charge in [-0.25, -0.2) is 0 Å². The maximum absolute atomic E-state index is 11.6. The van der Waals surface area contributed by atoms with E-state index in [1.807, 2.05) is 12.1 Å². The number of allylic oxidation sites excluding steroid dienone is 1. The molecule has 0 bridgehead atoms. The van der Waals surface area contributed by atoms with Gasteiger partial charge in [0.25, 0.3) is 5.24 Å². The van der Waals surface area contributed by atoms with Crippen molar-refractivity contribution in [3.05, 3.63) is 40.8 Å². The maximum atomic E-state index is 11.6. The molecule has 5 nitrogen and oxygen atoms in total. The number of benzene rings is 1. The van der Waals surface area contributed by atoms with Crippen LogP contribution in [0.15, 0.2) is 40.2 Å². The van der Waals surface area contributed by atoms with Gasteiger partial charge < -0.3 is 10.4 Å². The molecular weight excluding hydrogens is 334 g/mol. The lowest BCUT2D eigenvalue weighted by Crippen LogP contribution is -2.32. The van der Waals surface area contributed by atoms with Crippen molar-refractivity contribution < 1.29 is 9.90 Å². The number of carbonyl (C=O) groups excluding carboxylic acids is 1. The summed E-state index contributed by atoms with van der Waals surface area (Å²) < 4.78 is 0. The molecule has 0 unspecified atom stereocenters. The van der Waals surface area contributed by atoms with Crippen LogP contribution in [0.2, 0.25) is 0 Å². The smallest absolute Gasteiger partial charge is 0.289 e. The number of phenolic OH excluding ortho intramolecular Hbond substituents is 1. The van der Waals surface area contributed by atoms with Crippen molar-refractivity contribution in [2.45, 2.75) is 19.4 Å². The summed E-state index contributed by atoms with van der Waals surface area (Å²) in [6.07, 6.45) is 9.51. The summed E-state index contributed by atoms with van der Waals surface area (Å²) in [7, 11) is 0. The second-order valence-corrected chi connectivity index (χ2v) is 7.21. The van der Waals surface area contributed by atoms with Crippen molar-refractivity contribution in [3.63, 3.8) is 0 Å². The molecule has 0 radical (unpaired) electrons. The van der Waals surface area contributed by atoms with Gasteiger partial charge in [-0.2, -0.15) is 0 Å². The molecule has 1 amide bonds. The SMILES string of the molecule is C#CCN=C1NC(=O)SC1=CC1CCN(Cc2ccc(O)cc2)CC1. The normalized spacial score (nSPS) is 22.3. The number of amidine groups is 1. The van der Waals surface area contributed by atoms with E-state index in [0.717, 1.165) is 37.4 Å². The molecule has 1 aromatic carbocycles. The summed E-state index contributed by atoms with van der Waals surface area (Å²) >= 11 is 1.20. The average molecular weight is 355 g/mol. The molecule has 0 spiro atoms. The number of nitrogens with zero attached hydrogens (tertiary/aromatic N) is 2. The topological polar surface area (TPSA) is 64.9 Å². The van der Waals surface area contributed by atoms with Crippen molar-refractivity contribution in [1.82, 2.24) is 10.2 Å². The lowest BCUT2D eigenvalue weighted by molar-refractivity contribution is 0.195. The number of piperidine rings is 1. The molecule has 0 saturated carbocycles. The van der Waals surface area contributed by atoms with Gasteiger partial charge >= 0.3 is 0 Å². The number of hydrogen-bond acceptors (Lipinski definition) is 5. The number of amides is 1. The van der Waals surface area contributed by atoms with Gasteiger partial charge in [-0.05, 0) is 61.3 Å². The molecule has 2 aliphatic heterocycles. The predicted octanol–water partition coefficient (Wildman–Crippen LogP) is 2.98. The number of rotatable bonds is 4. The Morgan fingerprint density at radius 2 is 2.08 bits per heavy atom. The van der Waals surface area contributed by atoms with E-state index < -0.39 is 0 Å². The summed E-state index contributed by atoms with van der Waals surface area (Å²) in [4.78, 5) is 19.2. The highest BCUT2D eigenvalue weighted by Crippen LogP contribution is 2.29. The first-order valence-electron chi connectivity index (χ1n) is 8.33. The Morgan fingerprint density at radius 3 is 2.76 bits per heavy atom. The minimum Gasteiger partial charge on any atom is -0.508 e. The van der Waals surface area contributed by atoms with Crippen LogP contribution >= 0.6 is 11.8 Å². The molecule has 6 heteroatoms. The highest BCUT2D eigenvalue weighted by molar-refractivity contribution is 8.18. The molecule has 3 rings (SSSR count). The highest BCUT2D eigenvalue weighted by Gasteiger charge is 2.26. The summed E-state index contributed by atoms with van der Waals surface area (Å²) in [6.45, 7) is 3.20. The zero-order chi connectivity index (χ0) is 17.6. The fourth-order valence-electron chi connectivity index (χ4n) is 3.04. The maximum Gasteiger partial charge on any atom is 0.289 e. The minimum atomic E-state index is -0.0909. The van der Waals surface area contributed by atoms with Crippen LogP contribution in [-0.4, -0.2) is 40.7 Å². The molecule has 2 saturated heterocycles. The number of likely N-dealkylation sites (tertiary alicyclic amines) is 1. The third kappa shape index (κ3) is 4.88. The van der Waals surface area contributed by atoms with Gasteiger partial charge in [-0.3, -0.25) is 14.7 Å². The monoisotopic (exact) mass is 355 g/mol. The molecule has 25 heavy (non-hydrogen) atoms. The Labute approximate surface area is 152 Å². The number of thioether (sulfide) groups is 1. The lowest BCUT2D eigenvalue weighted by atomic mass is 9.96. The van der Waals surface area contributed by atoms with E-state index in [0.29, 0.717) is 17.5 Å². The van der Waals surface area contributed by atoms with E-state index in [9.17, 15) is 9.90 Å². The summed E-state index contributed by atoms with van der Waals surface area (Å²) in [5, 5.41) is 12.0. The number of carbonyl (C=O) groups is 1. The molecule has 2 aliphatic rings. The van der Waals surface area contributed by atoms with Crippen LogP contribution < -0.4 is 5.32 Å². The highest BCUT2D eigenvalue weighted by atomic mass is 32.2. The second kappa shape index (κ2) is 8.24. The van der Waals surface area contributed by atoms with E-state index in [2.05, 4.69) is 27.2 Å². The molecule has 2 N–H and O–H groups in total. The number of nitrogens with one attached hydrogen (secondary N) is 1. The van der Waals surface area contributed by atoms with E-state index in [4.69, 9.17) is 6.42 Å². The number of hydrogen-bond donors (Lipinski definition) is 2. The zero-order valence-electron chi connectivity index (χ0n) is 13.9. The van der Waals surface area contributed by atoms with Crippen molar-refractivity contribution in [2.75, 3.05) is 19.6 Å². The lowest BCUT2D eigenvalue weighted by Gasteiger charge is -2.30. The summed E-state index contributed by atoms with van der Waals surface area (Å²) in [6, 6.07) is 7.38. The van der Waals surface area contributed by atoms with Gasteiger partial charge in [0.15, 0.2) is 0 Å². The van der Waals surface area contributed by atoms with Gasteiger partial charge in [-0.15, -0.1) is 6.42 Å². The standard InChI is InChI=1S/C19H21N3O2S/c1-2-9-20-18-17(25-19(24)21-18)12-14-7-10-22(11-8-14)13-15-3-5-16(23)6-4-15/h1,3-6,12,14,23H,7-11,13H2,(H,20,21,24). The van der Waals surface area contributed by atoms with E-state index in [1.165, 1.54) is 17.3 Å². The Balaban J connectivity index is 1.56. The molecule has 0 atom stereocenters. The van der Waals surface area contributed by atoms with Crippen LogP contribution in [0.1, 0.15) is 18.4 Å². The van der Waals surface area contributed by atoms with E-state index in [1.54, 1.807) is 12.1 Å². The van der Waals surface area contributed by atoms with Crippen molar-refractivity contribution in [3.8, 4) is 18.1 Å². The van der Waals surface area contributed by atoms with Crippen LogP contribution in [0, 0.1) is 18.3 Å². The van der Waals surface area contributed by atoms with Crippen molar-refractivity contribution in [1.29, 1.82) is 0 Å². The first-order chi connectivity index (χ1) is 12.1. The largest absolute Gasteiger partial charge is 0.508 e. The van der Waals surface area contributed by atoms with Crippen molar-refractivity contribution in [2.24, 2.45) is 10.9 Å². The Hall–Kier alpha value is -2.23.